The van der Waals surface area contributed by atoms with Gasteiger partial charge in [0.1, 0.15) is 12.3 Å². The second-order valence-electron chi connectivity index (χ2n) is 15.7. The van der Waals surface area contributed by atoms with Crippen molar-refractivity contribution in [3.8, 4) is 5.75 Å². The first kappa shape index (κ1) is 34.0. The number of phenolic OH excluding ortho intramolecular Hbond substituents is 1. The van der Waals surface area contributed by atoms with E-state index in [1.165, 1.54) is 11.1 Å². The van der Waals surface area contributed by atoms with Gasteiger partial charge in [-0.05, 0) is 127 Å². The summed E-state index contributed by atoms with van der Waals surface area (Å²) < 4.78 is 4.84. The third-order valence-corrected chi connectivity index (χ3v) is 12.9. The highest BCUT2D eigenvalue weighted by molar-refractivity contribution is 6.01. The summed E-state index contributed by atoms with van der Waals surface area (Å²) in [6.45, 7) is 10.3. The quantitative estimate of drug-likeness (QED) is 0.264. The fraction of sp³-hybridized carbons (Fsp3) is 0.590. The third kappa shape index (κ3) is 5.67. The van der Waals surface area contributed by atoms with Crippen LogP contribution in [0.4, 0.5) is 10.5 Å². The SMILES string of the molecule is CCOC(=O)NCC(=O)Nc1ccc2c(c1)[C@@]1(C)CCC[C@](C)(C(=O)NC(=O)[C@@]3(C)CCC[C@]4(C)c5cc(O)ccc5CC[C@@H]34)[C@@H]1CC2. The number of hydrogen-bond donors (Lipinski definition) is 4. The Morgan fingerprint density at radius 1 is 0.792 bits per heavy atom. The van der Waals surface area contributed by atoms with Crippen molar-refractivity contribution in [2.24, 2.45) is 22.7 Å². The van der Waals surface area contributed by atoms with E-state index < -0.39 is 16.9 Å². The molecule has 4 amide bonds. The summed E-state index contributed by atoms with van der Waals surface area (Å²) in [5.41, 5.74) is 3.40. The first-order valence-corrected chi connectivity index (χ1v) is 17.8. The van der Waals surface area contributed by atoms with Crippen molar-refractivity contribution in [2.75, 3.05) is 18.5 Å². The number of rotatable bonds is 6. The zero-order valence-electron chi connectivity index (χ0n) is 29.1. The molecule has 0 bridgehead atoms. The van der Waals surface area contributed by atoms with Gasteiger partial charge >= 0.3 is 6.09 Å². The third-order valence-electron chi connectivity index (χ3n) is 12.9. The molecule has 6 rings (SSSR count). The first-order valence-electron chi connectivity index (χ1n) is 17.8. The maximum absolute atomic E-state index is 14.4. The van der Waals surface area contributed by atoms with E-state index in [9.17, 15) is 24.3 Å². The standard InChI is InChI=1S/C39H51N3O6/c1-6-48-35(47)40-23-32(44)41-26-13-9-24-11-15-30-36(2,28(24)21-26)17-7-19-38(30,4)33(45)42-34(46)39(5)20-8-18-37(3)29-22-27(43)14-10-25(29)12-16-31(37)39/h9-10,13-14,21-22,30-31,43H,6-8,11-12,15-20,23H2,1-5H3,(H,40,47)(H,41,44)(H,42,45,46)/t30-,31-,36-,37-,38+,39+/m1/s1. The summed E-state index contributed by atoms with van der Waals surface area (Å²) in [5, 5.41) is 18.7. The number of benzene rings is 2. The summed E-state index contributed by atoms with van der Waals surface area (Å²) in [6.07, 6.45) is 7.79. The van der Waals surface area contributed by atoms with Gasteiger partial charge in [0.15, 0.2) is 0 Å². The molecule has 2 aromatic carbocycles. The molecule has 48 heavy (non-hydrogen) atoms. The van der Waals surface area contributed by atoms with Crippen molar-refractivity contribution in [2.45, 2.75) is 110 Å². The van der Waals surface area contributed by atoms with Gasteiger partial charge in [-0.3, -0.25) is 19.7 Å². The van der Waals surface area contributed by atoms with Crippen molar-refractivity contribution in [3.63, 3.8) is 0 Å². The number of phenols is 1. The van der Waals surface area contributed by atoms with Crippen LogP contribution in [0.25, 0.3) is 0 Å². The number of nitrogens with one attached hydrogen (secondary N) is 3. The first-order chi connectivity index (χ1) is 22.7. The number of hydrogen-bond acceptors (Lipinski definition) is 6. The number of fused-ring (bicyclic) bond motifs is 6. The average molecular weight is 658 g/mol. The molecule has 4 aliphatic rings. The van der Waals surface area contributed by atoms with Crippen molar-refractivity contribution < 1.29 is 29.0 Å². The van der Waals surface area contributed by atoms with Crippen molar-refractivity contribution in [1.29, 1.82) is 0 Å². The summed E-state index contributed by atoms with van der Waals surface area (Å²) in [5.74, 6) is -0.359. The summed E-state index contributed by atoms with van der Waals surface area (Å²) in [4.78, 5) is 53.0. The molecule has 0 unspecified atom stereocenters. The Morgan fingerprint density at radius 3 is 1.90 bits per heavy atom. The highest BCUT2D eigenvalue weighted by Gasteiger charge is 2.58. The molecule has 258 valence electrons. The largest absolute Gasteiger partial charge is 0.508 e. The number of imide groups is 1. The number of aryl methyl sites for hydroxylation is 2. The van der Waals surface area contributed by atoms with E-state index in [2.05, 4.69) is 35.9 Å². The highest BCUT2D eigenvalue weighted by Crippen LogP contribution is 2.59. The Bertz CT molecular complexity index is 1640. The normalized spacial score (nSPS) is 31.9. The molecule has 0 heterocycles. The van der Waals surface area contributed by atoms with E-state index in [-0.39, 0.29) is 59.3 Å². The molecule has 4 N–H and O–H groups in total. The minimum Gasteiger partial charge on any atom is -0.508 e. The molecule has 0 aliphatic heterocycles. The molecule has 0 saturated heterocycles. The van der Waals surface area contributed by atoms with E-state index in [0.29, 0.717) is 12.1 Å². The Hall–Kier alpha value is -3.88. The van der Waals surface area contributed by atoms with Crippen LogP contribution in [0.2, 0.25) is 0 Å². The Balaban J connectivity index is 1.20. The number of aromatic hydroxyl groups is 1. The number of ether oxygens (including phenoxy) is 1. The van der Waals surface area contributed by atoms with Gasteiger partial charge in [-0.2, -0.15) is 0 Å². The molecule has 2 fully saturated rings. The molecule has 6 atom stereocenters. The van der Waals surface area contributed by atoms with Crippen LogP contribution in [0.1, 0.15) is 108 Å². The number of carbonyl (C=O) groups is 4. The van der Waals surface area contributed by atoms with E-state index in [0.717, 1.165) is 68.9 Å². The molecule has 0 spiro atoms. The molecule has 4 aliphatic carbocycles. The van der Waals surface area contributed by atoms with Crippen LogP contribution in [0.5, 0.6) is 5.75 Å². The lowest BCUT2D eigenvalue weighted by Crippen LogP contribution is -2.60. The average Bonchev–Trinajstić information content (AvgIpc) is 3.04. The van der Waals surface area contributed by atoms with E-state index in [1.54, 1.807) is 13.0 Å². The smallest absolute Gasteiger partial charge is 0.407 e. The van der Waals surface area contributed by atoms with Crippen LogP contribution in [0.3, 0.4) is 0 Å². The van der Waals surface area contributed by atoms with Crippen LogP contribution in [-0.2, 0) is 42.8 Å². The fourth-order valence-electron chi connectivity index (χ4n) is 10.5. The van der Waals surface area contributed by atoms with Crippen molar-refractivity contribution in [1.82, 2.24) is 10.6 Å². The topological polar surface area (TPSA) is 134 Å². The van der Waals surface area contributed by atoms with Gasteiger partial charge in [0.05, 0.1) is 17.4 Å². The van der Waals surface area contributed by atoms with Gasteiger partial charge < -0.3 is 20.5 Å². The number of anilines is 1. The number of amides is 4. The molecule has 9 nitrogen and oxygen atoms in total. The molecular formula is C39H51N3O6. The lowest BCUT2D eigenvalue weighted by atomic mass is 9.49. The Labute approximate surface area is 284 Å². The molecule has 9 heteroatoms. The zero-order chi connectivity index (χ0) is 34.5. The minimum absolute atomic E-state index is 0.0180. The van der Waals surface area contributed by atoms with E-state index in [1.807, 2.05) is 38.1 Å². The Morgan fingerprint density at radius 2 is 1.33 bits per heavy atom. The van der Waals surface area contributed by atoms with Crippen molar-refractivity contribution in [3.05, 3.63) is 58.7 Å². The fourth-order valence-corrected chi connectivity index (χ4v) is 10.5. The van der Waals surface area contributed by atoms with Gasteiger partial charge in [-0.25, -0.2) is 4.79 Å². The lowest BCUT2D eigenvalue weighted by molar-refractivity contribution is -0.150. The molecule has 2 aromatic rings. The second kappa shape index (κ2) is 12.5. The minimum atomic E-state index is -0.734. The summed E-state index contributed by atoms with van der Waals surface area (Å²) >= 11 is 0. The lowest BCUT2D eigenvalue weighted by Gasteiger charge is -2.56. The predicted molar refractivity (Wildman–Crippen MR) is 184 cm³/mol. The maximum Gasteiger partial charge on any atom is 0.407 e. The van der Waals surface area contributed by atoms with Crippen LogP contribution in [0.15, 0.2) is 36.4 Å². The number of alkyl carbamates (subject to hydrolysis) is 1. The van der Waals surface area contributed by atoms with E-state index in [4.69, 9.17) is 4.74 Å². The van der Waals surface area contributed by atoms with Crippen LogP contribution in [-0.4, -0.2) is 42.1 Å². The van der Waals surface area contributed by atoms with Crippen LogP contribution in [0, 0.1) is 22.7 Å². The zero-order valence-corrected chi connectivity index (χ0v) is 29.1. The van der Waals surface area contributed by atoms with E-state index >= 15 is 0 Å². The maximum atomic E-state index is 14.4. The molecule has 0 aromatic heterocycles. The number of carbonyl (C=O) groups excluding carboxylic acids is 4. The summed E-state index contributed by atoms with van der Waals surface area (Å²) in [7, 11) is 0. The van der Waals surface area contributed by atoms with Gasteiger partial charge in [-0.15, -0.1) is 0 Å². The van der Waals surface area contributed by atoms with Gasteiger partial charge in [0, 0.05) is 5.69 Å². The van der Waals surface area contributed by atoms with Gasteiger partial charge in [-0.1, -0.05) is 52.7 Å². The predicted octanol–water partition coefficient (Wildman–Crippen LogP) is 6.44. The Kier molecular flexibility index (Phi) is 8.88. The molecular weight excluding hydrogens is 606 g/mol. The monoisotopic (exact) mass is 657 g/mol. The second-order valence-corrected chi connectivity index (χ2v) is 15.7. The van der Waals surface area contributed by atoms with Gasteiger partial charge in [0.25, 0.3) is 0 Å². The van der Waals surface area contributed by atoms with Gasteiger partial charge in [0.2, 0.25) is 17.7 Å². The van der Waals surface area contributed by atoms with Crippen LogP contribution >= 0.6 is 0 Å². The molecule has 2 saturated carbocycles. The highest BCUT2D eigenvalue weighted by atomic mass is 16.5. The van der Waals surface area contributed by atoms with Crippen LogP contribution < -0.4 is 16.0 Å². The summed E-state index contributed by atoms with van der Waals surface area (Å²) in [6, 6.07) is 11.6. The van der Waals surface area contributed by atoms with Crippen molar-refractivity contribution >= 4 is 29.5 Å². The molecule has 0 radical (unpaired) electrons.